The molecule has 1 aliphatic rings. The molecule has 0 aliphatic heterocycles. The molecule has 116 valence electrons. The Labute approximate surface area is 132 Å². The molecule has 1 atom stereocenters. The van der Waals surface area contributed by atoms with Gasteiger partial charge in [-0.1, -0.05) is 48.5 Å². The van der Waals surface area contributed by atoms with Crippen LogP contribution in [-0.4, -0.2) is 19.7 Å². The Morgan fingerprint density at radius 1 is 1.05 bits per heavy atom. The molecule has 2 aromatic rings. The Morgan fingerprint density at radius 3 is 2.50 bits per heavy atom. The molecule has 0 bridgehead atoms. The van der Waals surface area contributed by atoms with Crippen molar-refractivity contribution < 1.29 is 4.74 Å². The highest BCUT2D eigenvalue weighted by molar-refractivity contribution is 5.33. The summed E-state index contributed by atoms with van der Waals surface area (Å²) >= 11 is 0. The van der Waals surface area contributed by atoms with Crippen LogP contribution in [0.3, 0.4) is 0 Å². The smallest absolute Gasteiger partial charge is 0.123 e. The van der Waals surface area contributed by atoms with E-state index in [1.54, 1.807) is 7.11 Å². The predicted octanol–water partition coefficient (Wildman–Crippen LogP) is 3.28. The molecule has 0 aromatic heterocycles. The lowest BCUT2D eigenvalue weighted by molar-refractivity contribution is 0.406. The Kier molecular flexibility index (Phi) is 5.09. The van der Waals surface area contributed by atoms with Gasteiger partial charge in [-0.05, 0) is 24.5 Å². The molecule has 0 radical (unpaired) electrons. The molecule has 1 saturated carbocycles. The molecular formula is C19H24N2O. The van der Waals surface area contributed by atoms with E-state index >= 15 is 0 Å². The van der Waals surface area contributed by atoms with Crippen molar-refractivity contribution >= 4 is 0 Å². The zero-order chi connectivity index (χ0) is 15.2. The highest BCUT2D eigenvalue weighted by Gasteiger charge is 2.25. The van der Waals surface area contributed by atoms with Gasteiger partial charge in [0.25, 0.3) is 0 Å². The summed E-state index contributed by atoms with van der Waals surface area (Å²) in [6.45, 7) is 1.73. The summed E-state index contributed by atoms with van der Waals surface area (Å²) in [5, 5.41) is 7.29. The number of methoxy groups -OCH3 is 1. The molecule has 1 aliphatic carbocycles. The largest absolute Gasteiger partial charge is 0.496 e. The first kappa shape index (κ1) is 15.1. The van der Waals surface area contributed by atoms with Gasteiger partial charge in [0.05, 0.1) is 7.11 Å². The quantitative estimate of drug-likeness (QED) is 0.784. The van der Waals surface area contributed by atoms with Gasteiger partial charge in [0, 0.05) is 30.7 Å². The molecule has 0 spiro atoms. The monoisotopic (exact) mass is 296 g/mol. The van der Waals surface area contributed by atoms with E-state index in [9.17, 15) is 0 Å². The Balaban J connectivity index is 1.59. The first-order valence-electron chi connectivity index (χ1n) is 8.00. The molecule has 2 N–H and O–H groups in total. The minimum atomic E-state index is 0.364. The highest BCUT2D eigenvalue weighted by Crippen LogP contribution is 2.24. The van der Waals surface area contributed by atoms with Gasteiger partial charge in [-0.15, -0.1) is 0 Å². The number of benzene rings is 2. The summed E-state index contributed by atoms with van der Waals surface area (Å²) in [5.74, 6) is 0.946. The molecule has 1 fully saturated rings. The minimum Gasteiger partial charge on any atom is -0.496 e. The summed E-state index contributed by atoms with van der Waals surface area (Å²) in [5.41, 5.74) is 2.55. The van der Waals surface area contributed by atoms with Crippen LogP contribution in [0.25, 0.3) is 0 Å². The van der Waals surface area contributed by atoms with E-state index in [0.29, 0.717) is 12.1 Å². The number of rotatable bonds is 8. The molecule has 0 amide bonds. The van der Waals surface area contributed by atoms with E-state index in [2.05, 4.69) is 53.1 Å². The Bertz CT molecular complexity index is 581. The third kappa shape index (κ3) is 4.09. The maximum absolute atomic E-state index is 5.41. The van der Waals surface area contributed by atoms with Crippen molar-refractivity contribution in [1.82, 2.24) is 10.6 Å². The van der Waals surface area contributed by atoms with Crippen LogP contribution in [0.4, 0.5) is 0 Å². The zero-order valence-electron chi connectivity index (χ0n) is 13.1. The maximum atomic E-state index is 5.41. The normalized spacial score (nSPS) is 15.5. The third-order valence-corrected chi connectivity index (χ3v) is 4.07. The number of ether oxygens (including phenoxy) is 1. The van der Waals surface area contributed by atoms with E-state index in [1.165, 1.54) is 24.0 Å². The van der Waals surface area contributed by atoms with Gasteiger partial charge in [0.2, 0.25) is 0 Å². The average molecular weight is 296 g/mol. The molecular weight excluding hydrogens is 272 g/mol. The fourth-order valence-corrected chi connectivity index (χ4v) is 2.69. The zero-order valence-corrected chi connectivity index (χ0v) is 13.1. The second-order valence-electron chi connectivity index (χ2n) is 5.85. The van der Waals surface area contributed by atoms with Crippen LogP contribution in [0.15, 0.2) is 54.6 Å². The molecule has 0 heterocycles. The van der Waals surface area contributed by atoms with Gasteiger partial charge in [-0.2, -0.15) is 0 Å². The molecule has 3 nitrogen and oxygen atoms in total. The fraction of sp³-hybridized carbons (Fsp3) is 0.368. The Morgan fingerprint density at radius 2 is 1.77 bits per heavy atom. The van der Waals surface area contributed by atoms with Gasteiger partial charge < -0.3 is 15.4 Å². The van der Waals surface area contributed by atoms with Crippen LogP contribution in [0, 0.1) is 0 Å². The molecule has 3 rings (SSSR count). The van der Waals surface area contributed by atoms with Crippen molar-refractivity contribution in [2.24, 2.45) is 0 Å². The lowest BCUT2D eigenvalue weighted by atomic mass is 10.1. The van der Waals surface area contributed by atoms with E-state index in [1.807, 2.05) is 12.1 Å². The van der Waals surface area contributed by atoms with Gasteiger partial charge in [0.1, 0.15) is 5.75 Å². The Hall–Kier alpha value is -1.84. The lowest BCUT2D eigenvalue weighted by Crippen LogP contribution is -2.32. The van der Waals surface area contributed by atoms with Crippen molar-refractivity contribution in [3.63, 3.8) is 0 Å². The summed E-state index contributed by atoms with van der Waals surface area (Å²) in [6, 6.07) is 19.9. The number of para-hydroxylation sites is 1. The van der Waals surface area contributed by atoms with Crippen molar-refractivity contribution in [2.45, 2.75) is 31.5 Å². The van der Waals surface area contributed by atoms with Crippen LogP contribution in [0.5, 0.6) is 5.75 Å². The van der Waals surface area contributed by atoms with Crippen LogP contribution in [0.2, 0.25) is 0 Å². The lowest BCUT2D eigenvalue weighted by Gasteiger charge is -2.20. The molecule has 0 saturated heterocycles. The van der Waals surface area contributed by atoms with E-state index in [0.717, 1.165) is 18.8 Å². The van der Waals surface area contributed by atoms with Crippen LogP contribution >= 0.6 is 0 Å². The van der Waals surface area contributed by atoms with Gasteiger partial charge in [-0.25, -0.2) is 0 Å². The highest BCUT2D eigenvalue weighted by atomic mass is 16.5. The van der Waals surface area contributed by atoms with Crippen LogP contribution in [-0.2, 0) is 6.54 Å². The second kappa shape index (κ2) is 7.43. The van der Waals surface area contributed by atoms with Crippen molar-refractivity contribution in [2.75, 3.05) is 13.7 Å². The minimum absolute atomic E-state index is 0.364. The van der Waals surface area contributed by atoms with Crippen molar-refractivity contribution in [3.05, 3.63) is 65.7 Å². The number of hydrogen-bond acceptors (Lipinski definition) is 3. The standard InChI is InChI=1S/C19H24N2O/c1-22-19-10-6-5-9-16(19)13-20-14-18(21-17-11-12-17)15-7-3-2-4-8-15/h2-10,17-18,20-21H,11-14H2,1H3. The number of hydrogen-bond donors (Lipinski definition) is 2. The van der Waals surface area contributed by atoms with Crippen LogP contribution in [0.1, 0.15) is 30.0 Å². The van der Waals surface area contributed by atoms with E-state index < -0.39 is 0 Å². The molecule has 2 aromatic carbocycles. The maximum Gasteiger partial charge on any atom is 0.123 e. The SMILES string of the molecule is COc1ccccc1CNCC(NC1CC1)c1ccccc1. The van der Waals surface area contributed by atoms with Gasteiger partial charge in [-0.3, -0.25) is 0 Å². The van der Waals surface area contributed by atoms with E-state index in [-0.39, 0.29) is 0 Å². The average Bonchev–Trinajstić information content (AvgIpc) is 3.39. The number of nitrogens with one attached hydrogen (secondary N) is 2. The van der Waals surface area contributed by atoms with Gasteiger partial charge >= 0.3 is 0 Å². The van der Waals surface area contributed by atoms with Crippen molar-refractivity contribution in [1.29, 1.82) is 0 Å². The topological polar surface area (TPSA) is 33.3 Å². The fourth-order valence-electron chi connectivity index (χ4n) is 2.69. The molecule has 3 heteroatoms. The first-order valence-corrected chi connectivity index (χ1v) is 8.00. The first-order chi connectivity index (χ1) is 10.9. The molecule has 22 heavy (non-hydrogen) atoms. The van der Waals surface area contributed by atoms with Crippen molar-refractivity contribution in [3.8, 4) is 5.75 Å². The van der Waals surface area contributed by atoms with Gasteiger partial charge in [0.15, 0.2) is 0 Å². The summed E-state index contributed by atoms with van der Waals surface area (Å²) < 4.78 is 5.41. The second-order valence-corrected chi connectivity index (χ2v) is 5.85. The summed E-state index contributed by atoms with van der Waals surface area (Å²) in [4.78, 5) is 0. The van der Waals surface area contributed by atoms with Crippen LogP contribution < -0.4 is 15.4 Å². The summed E-state index contributed by atoms with van der Waals surface area (Å²) in [6.07, 6.45) is 2.60. The molecule has 1 unspecified atom stereocenters. The van der Waals surface area contributed by atoms with E-state index in [4.69, 9.17) is 4.74 Å². The predicted molar refractivity (Wildman–Crippen MR) is 90.0 cm³/mol. The third-order valence-electron chi connectivity index (χ3n) is 4.07. The summed E-state index contributed by atoms with van der Waals surface area (Å²) in [7, 11) is 1.72.